The van der Waals surface area contributed by atoms with Gasteiger partial charge in [-0.05, 0) is 36.1 Å². The van der Waals surface area contributed by atoms with Crippen LogP contribution in [0.15, 0.2) is 53.5 Å². The lowest BCUT2D eigenvalue weighted by molar-refractivity contribution is -0.142. The van der Waals surface area contributed by atoms with E-state index in [0.29, 0.717) is 17.5 Å². The van der Waals surface area contributed by atoms with Crippen LogP contribution in [0.1, 0.15) is 24.0 Å². The number of carbonyl (C=O) groups excluding carboxylic acids is 2. The molecule has 0 unspecified atom stereocenters. The van der Waals surface area contributed by atoms with E-state index >= 15 is 0 Å². The number of phenols is 1. The Balaban J connectivity index is 2.16. The second-order valence-electron chi connectivity index (χ2n) is 8.20. The summed E-state index contributed by atoms with van der Waals surface area (Å²) in [5.74, 6) is -4.26. The second kappa shape index (κ2) is 13.6. The molecule has 2 amide bonds. The van der Waals surface area contributed by atoms with E-state index in [2.05, 4.69) is 15.6 Å². The molecule has 0 aliphatic carbocycles. The Hall–Kier alpha value is -4.19. The van der Waals surface area contributed by atoms with Crippen LogP contribution >= 0.6 is 0 Å². The highest BCUT2D eigenvalue weighted by atomic mass is 19.1. The number of nitrogens with zero attached hydrogens (tertiary/aromatic N) is 1. The van der Waals surface area contributed by atoms with Crippen LogP contribution in [0.5, 0.6) is 5.75 Å². The third kappa shape index (κ3) is 9.22. The summed E-state index contributed by atoms with van der Waals surface area (Å²) in [4.78, 5) is 41.4. The lowest BCUT2D eigenvalue weighted by Crippen LogP contribution is -2.55. The fourth-order valence-corrected chi connectivity index (χ4v) is 3.37. The molecule has 0 aliphatic rings. The molecule has 0 aliphatic heterocycles. The maximum Gasteiger partial charge on any atom is 0.326 e. The van der Waals surface area contributed by atoms with Crippen LogP contribution in [0.25, 0.3) is 0 Å². The Morgan fingerprint density at radius 3 is 2.19 bits per heavy atom. The van der Waals surface area contributed by atoms with Crippen molar-refractivity contribution in [2.75, 3.05) is 6.54 Å². The number of phenolic OH excluding ortho intramolecular Hbond substituents is 1. The van der Waals surface area contributed by atoms with E-state index in [4.69, 9.17) is 17.2 Å². The van der Waals surface area contributed by atoms with E-state index in [0.717, 1.165) is 12.1 Å². The number of carboxylic acid groups (broad SMARTS) is 1. The number of guanidine groups is 1. The van der Waals surface area contributed by atoms with Gasteiger partial charge >= 0.3 is 5.97 Å². The summed E-state index contributed by atoms with van der Waals surface area (Å²) in [6, 6.07) is 8.71. The standard InChI is InChI=1S/C24H31FN6O5/c25-16-11-15(8-9-20(16)32)13-18(30-21(33)17(26)7-4-10-29-24(27)28)22(34)31-19(23(35)36)12-14-5-2-1-3-6-14/h1-3,5-6,8-9,11,17-19,32H,4,7,10,12-13,26H2,(H,30,33)(H,31,34)(H,35,36)(H4,27,28,29)/t17-,18+,19-/m0/s1. The Bertz CT molecular complexity index is 1080. The SMILES string of the molecule is NC(N)=NCCC[C@H](N)C(=O)N[C@H](Cc1ccc(O)c(F)c1)C(=O)N[C@@H](Cc1ccccc1)C(=O)O. The van der Waals surface area contributed by atoms with Crippen LogP contribution in [0, 0.1) is 5.82 Å². The molecule has 36 heavy (non-hydrogen) atoms. The Labute approximate surface area is 207 Å². The lowest BCUT2D eigenvalue weighted by atomic mass is 10.0. The van der Waals surface area contributed by atoms with Crippen LogP contribution < -0.4 is 27.8 Å². The van der Waals surface area contributed by atoms with Crippen LogP contribution in [0.2, 0.25) is 0 Å². The number of halogens is 1. The Morgan fingerprint density at radius 1 is 0.944 bits per heavy atom. The minimum atomic E-state index is -1.27. The number of aliphatic carboxylic acids is 1. The summed E-state index contributed by atoms with van der Waals surface area (Å²) in [7, 11) is 0. The maximum atomic E-state index is 13.8. The summed E-state index contributed by atoms with van der Waals surface area (Å²) >= 11 is 0. The van der Waals surface area contributed by atoms with Gasteiger partial charge in [-0.1, -0.05) is 36.4 Å². The molecule has 2 aromatic carbocycles. The smallest absolute Gasteiger partial charge is 0.326 e. The highest BCUT2D eigenvalue weighted by Gasteiger charge is 2.28. The molecule has 0 radical (unpaired) electrons. The zero-order chi connectivity index (χ0) is 26.7. The molecule has 2 aromatic rings. The molecule has 0 bridgehead atoms. The van der Waals surface area contributed by atoms with E-state index in [9.17, 15) is 29.0 Å². The van der Waals surface area contributed by atoms with Crippen molar-refractivity contribution >= 4 is 23.7 Å². The number of carboxylic acids is 1. The van der Waals surface area contributed by atoms with Crippen molar-refractivity contribution < 1.29 is 29.0 Å². The van der Waals surface area contributed by atoms with E-state index < -0.39 is 47.5 Å². The number of hydrogen-bond donors (Lipinski definition) is 7. The molecular weight excluding hydrogens is 471 g/mol. The normalized spacial score (nSPS) is 13.2. The van der Waals surface area contributed by atoms with Crippen LogP contribution in [-0.2, 0) is 27.2 Å². The molecular formula is C24H31FN6O5. The van der Waals surface area contributed by atoms with Crippen LogP contribution in [0.4, 0.5) is 4.39 Å². The van der Waals surface area contributed by atoms with Gasteiger partial charge in [0.15, 0.2) is 17.5 Å². The van der Waals surface area contributed by atoms with E-state index in [1.165, 1.54) is 6.07 Å². The first-order chi connectivity index (χ1) is 17.1. The molecule has 12 heteroatoms. The molecule has 0 aromatic heterocycles. The molecule has 194 valence electrons. The number of benzene rings is 2. The van der Waals surface area contributed by atoms with Gasteiger partial charge < -0.3 is 38.0 Å². The topological polar surface area (TPSA) is 206 Å². The lowest BCUT2D eigenvalue weighted by Gasteiger charge is -2.23. The zero-order valence-corrected chi connectivity index (χ0v) is 19.6. The number of aliphatic imine (C=N–C) groups is 1. The predicted octanol–water partition coefficient (Wildman–Crippen LogP) is -0.248. The van der Waals surface area contributed by atoms with E-state index in [1.807, 2.05) is 0 Å². The molecule has 0 fully saturated rings. The van der Waals surface area contributed by atoms with Gasteiger partial charge in [-0.3, -0.25) is 14.6 Å². The average molecular weight is 503 g/mol. The molecule has 10 N–H and O–H groups in total. The Morgan fingerprint density at radius 2 is 1.58 bits per heavy atom. The predicted molar refractivity (Wildman–Crippen MR) is 131 cm³/mol. The third-order valence-electron chi connectivity index (χ3n) is 5.29. The van der Waals surface area contributed by atoms with Gasteiger partial charge in [0, 0.05) is 19.4 Å². The first kappa shape index (κ1) is 28.1. The first-order valence-corrected chi connectivity index (χ1v) is 11.2. The summed E-state index contributed by atoms with van der Waals surface area (Å²) in [6.07, 6.45) is 0.467. The maximum absolute atomic E-state index is 13.8. The van der Waals surface area contributed by atoms with Gasteiger partial charge in [0.05, 0.1) is 6.04 Å². The summed E-state index contributed by atoms with van der Waals surface area (Å²) < 4.78 is 13.8. The number of nitrogens with two attached hydrogens (primary N) is 3. The quantitative estimate of drug-likeness (QED) is 0.110. The largest absolute Gasteiger partial charge is 0.505 e. The number of aromatic hydroxyl groups is 1. The van der Waals surface area contributed by atoms with Crippen LogP contribution in [0.3, 0.4) is 0 Å². The van der Waals surface area contributed by atoms with E-state index in [1.54, 1.807) is 30.3 Å². The van der Waals surface area contributed by atoms with Crippen molar-refractivity contribution in [3.63, 3.8) is 0 Å². The van der Waals surface area contributed by atoms with Crippen molar-refractivity contribution in [3.05, 3.63) is 65.5 Å². The zero-order valence-electron chi connectivity index (χ0n) is 19.6. The van der Waals surface area contributed by atoms with Gasteiger partial charge in [0.25, 0.3) is 0 Å². The first-order valence-electron chi connectivity index (χ1n) is 11.2. The summed E-state index contributed by atoms with van der Waals surface area (Å²) in [6.45, 7) is 0.264. The number of hydrogen-bond acceptors (Lipinski definition) is 6. The molecule has 2 rings (SSSR count). The summed E-state index contributed by atoms with van der Waals surface area (Å²) in [5, 5.41) is 24.0. The number of amides is 2. The van der Waals surface area contributed by atoms with Gasteiger partial charge in [0.2, 0.25) is 11.8 Å². The number of nitrogens with one attached hydrogen (secondary N) is 2. The van der Waals surface area contributed by atoms with Gasteiger partial charge in [-0.25, -0.2) is 9.18 Å². The van der Waals surface area contributed by atoms with E-state index in [-0.39, 0.29) is 31.8 Å². The Kier molecular flexibility index (Phi) is 10.6. The molecule has 0 heterocycles. The minimum absolute atomic E-state index is 0.0146. The highest BCUT2D eigenvalue weighted by molar-refractivity contribution is 5.92. The van der Waals surface area contributed by atoms with Crippen molar-refractivity contribution in [3.8, 4) is 5.75 Å². The molecule has 0 saturated heterocycles. The monoisotopic (exact) mass is 502 g/mol. The fourth-order valence-electron chi connectivity index (χ4n) is 3.37. The highest BCUT2D eigenvalue weighted by Crippen LogP contribution is 2.17. The van der Waals surface area contributed by atoms with Crippen molar-refractivity contribution in [1.82, 2.24) is 10.6 Å². The number of carbonyl (C=O) groups is 3. The third-order valence-corrected chi connectivity index (χ3v) is 5.29. The summed E-state index contributed by atoms with van der Waals surface area (Å²) in [5.41, 5.74) is 17.4. The molecule has 11 nitrogen and oxygen atoms in total. The molecule has 0 saturated carbocycles. The van der Waals surface area contributed by atoms with Gasteiger partial charge in [-0.15, -0.1) is 0 Å². The van der Waals surface area contributed by atoms with Crippen molar-refractivity contribution in [1.29, 1.82) is 0 Å². The minimum Gasteiger partial charge on any atom is -0.505 e. The van der Waals surface area contributed by atoms with Gasteiger partial charge in [0.1, 0.15) is 12.1 Å². The number of rotatable bonds is 13. The van der Waals surface area contributed by atoms with Crippen molar-refractivity contribution in [2.45, 2.75) is 43.8 Å². The van der Waals surface area contributed by atoms with Crippen molar-refractivity contribution in [2.24, 2.45) is 22.2 Å². The van der Waals surface area contributed by atoms with Gasteiger partial charge in [-0.2, -0.15) is 0 Å². The second-order valence-corrected chi connectivity index (χ2v) is 8.20. The molecule has 0 spiro atoms. The fraction of sp³-hybridized carbons (Fsp3) is 0.333. The average Bonchev–Trinajstić information content (AvgIpc) is 2.83. The van der Waals surface area contributed by atoms with Crippen LogP contribution in [-0.4, -0.2) is 58.6 Å². The molecule has 3 atom stereocenters.